The molecule has 0 aromatic rings. The first-order valence-corrected chi connectivity index (χ1v) is 6.41. The smallest absolute Gasteiger partial charge is 0.0742 e. The number of aliphatic hydroxyl groups is 6. The number of hydrogen-bond acceptors (Lipinski definition) is 8. The lowest BCUT2D eigenvalue weighted by atomic mass is 10.5. The van der Waals surface area contributed by atoms with Gasteiger partial charge in [0.25, 0.3) is 0 Å². The molecular formula is C12H30O8. The molecule has 2 atom stereocenters. The third-order valence-corrected chi connectivity index (χ3v) is 1.37. The summed E-state index contributed by atoms with van der Waals surface area (Å²) < 4.78 is 9.75. The fraction of sp³-hybridized carbons (Fsp3) is 1.00. The Labute approximate surface area is 120 Å². The number of rotatable bonds is 9. The Hall–Kier alpha value is -0.320. The molecule has 0 radical (unpaired) electrons. The minimum Gasteiger partial charge on any atom is -0.394 e. The molecule has 0 rings (SSSR count). The SMILES string of the molecule is CC(O)CO.CC(O)CO.OCCOCCOCCO. The Morgan fingerprint density at radius 1 is 0.650 bits per heavy atom. The minimum absolute atomic E-state index is 0.0417. The summed E-state index contributed by atoms with van der Waals surface area (Å²) in [6.07, 6.45) is -1.12. The average Bonchev–Trinajstić information content (AvgIpc) is 2.44. The summed E-state index contributed by atoms with van der Waals surface area (Å²) in [5, 5.41) is 48.5. The van der Waals surface area contributed by atoms with Crippen molar-refractivity contribution in [1.82, 2.24) is 0 Å². The highest BCUT2D eigenvalue weighted by Crippen LogP contribution is 1.76. The number of hydrogen-bond donors (Lipinski definition) is 6. The zero-order valence-corrected chi connectivity index (χ0v) is 12.3. The second kappa shape index (κ2) is 23.7. The molecule has 0 fully saturated rings. The Balaban J connectivity index is -0.000000244. The highest BCUT2D eigenvalue weighted by Gasteiger charge is 1.86. The second-order valence-corrected chi connectivity index (χ2v) is 3.74. The van der Waals surface area contributed by atoms with Gasteiger partial charge in [0.15, 0.2) is 0 Å². The highest BCUT2D eigenvalue weighted by atomic mass is 16.5. The summed E-state index contributed by atoms with van der Waals surface area (Å²) >= 11 is 0. The molecule has 0 heterocycles. The molecule has 126 valence electrons. The van der Waals surface area contributed by atoms with Gasteiger partial charge in [-0.2, -0.15) is 0 Å². The van der Waals surface area contributed by atoms with Crippen molar-refractivity contribution in [3.05, 3.63) is 0 Å². The molecular weight excluding hydrogens is 272 g/mol. The van der Waals surface area contributed by atoms with Crippen LogP contribution in [-0.2, 0) is 9.47 Å². The molecule has 20 heavy (non-hydrogen) atoms. The third kappa shape index (κ3) is 43.1. The van der Waals surface area contributed by atoms with E-state index in [9.17, 15) is 0 Å². The van der Waals surface area contributed by atoms with Crippen LogP contribution in [0.5, 0.6) is 0 Å². The van der Waals surface area contributed by atoms with E-state index in [-0.39, 0.29) is 26.4 Å². The van der Waals surface area contributed by atoms with Crippen molar-refractivity contribution >= 4 is 0 Å². The average molecular weight is 302 g/mol. The zero-order valence-electron chi connectivity index (χ0n) is 12.3. The Morgan fingerprint density at radius 3 is 1.05 bits per heavy atom. The van der Waals surface area contributed by atoms with Crippen LogP contribution in [0.1, 0.15) is 13.8 Å². The maximum Gasteiger partial charge on any atom is 0.0742 e. The van der Waals surface area contributed by atoms with E-state index < -0.39 is 12.2 Å². The number of ether oxygens (including phenoxy) is 2. The molecule has 0 aromatic carbocycles. The van der Waals surface area contributed by atoms with Crippen molar-refractivity contribution < 1.29 is 40.1 Å². The molecule has 8 nitrogen and oxygen atoms in total. The van der Waals surface area contributed by atoms with Crippen LogP contribution in [-0.4, -0.2) is 95.7 Å². The lowest BCUT2D eigenvalue weighted by Gasteiger charge is -2.01. The van der Waals surface area contributed by atoms with E-state index >= 15 is 0 Å². The topological polar surface area (TPSA) is 140 Å². The molecule has 0 saturated carbocycles. The summed E-state index contributed by atoms with van der Waals surface area (Å²) in [6.45, 7) is 4.51. The first-order valence-electron chi connectivity index (χ1n) is 6.41. The van der Waals surface area contributed by atoms with Gasteiger partial charge in [-0.05, 0) is 13.8 Å². The van der Waals surface area contributed by atoms with Gasteiger partial charge in [-0.15, -0.1) is 0 Å². The normalized spacial score (nSPS) is 12.6. The van der Waals surface area contributed by atoms with Gasteiger partial charge in [-0.3, -0.25) is 0 Å². The first-order chi connectivity index (χ1) is 9.45. The fourth-order valence-corrected chi connectivity index (χ4v) is 0.451. The van der Waals surface area contributed by atoms with E-state index in [1.54, 1.807) is 0 Å². The van der Waals surface area contributed by atoms with Crippen LogP contribution in [0.2, 0.25) is 0 Å². The summed E-state index contributed by atoms with van der Waals surface area (Å²) in [6, 6.07) is 0. The van der Waals surface area contributed by atoms with Crippen molar-refractivity contribution in [3.63, 3.8) is 0 Å². The second-order valence-electron chi connectivity index (χ2n) is 3.74. The highest BCUT2D eigenvalue weighted by molar-refractivity contribution is 4.34. The van der Waals surface area contributed by atoms with Crippen molar-refractivity contribution in [1.29, 1.82) is 0 Å². The first kappa shape index (κ1) is 24.7. The van der Waals surface area contributed by atoms with E-state index in [1.807, 2.05) is 0 Å². The third-order valence-electron chi connectivity index (χ3n) is 1.37. The maximum absolute atomic E-state index is 8.26. The molecule has 0 aliphatic carbocycles. The molecule has 0 aromatic heterocycles. The molecule has 0 spiro atoms. The summed E-state index contributed by atoms with van der Waals surface area (Å²) in [5.41, 5.74) is 0. The molecule has 0 amide bonds. The van der Waals surface area contributed by atoms with Gasteiger partial charge >= 0.3 is 0 Å². The lowest BCUT2D eigenvalue weighted by Crippen LogP contribution is -2.09. The molecule has 0 aliphatic heterocycles. The minimum atomic E-state index is -0.560. The molecule has 0 bridgehead atoms. The fourth-order valence-electron chi connectivity index (χ4n) is 0.451. The van der Waals surface area contributed by atoms with Crippen molar-refractivity contribution in [2.75, 3.05) is 52.9 Å². The van der Waals surface area contributed by atoms with Gasteiger partial charge in [0, 0.05) is 0 Å². The Bertz CT molecular complexity index is 127. The molecule has 0 saturated heterocycles. The van der Waals surface area contributed by atoms with Crippen LogP contribution in [0.25, 0.3) is 0 Å². The van der Waals surface area contributed by atoms with Gasteiger partial charge < -0.3 is 40.1 Å². The van der Waals surface area contributed by atoms with Crippen LogP contribution < -0.4 is 0 Å². The van der Waals surface area contributed by atoms with E-state index in [2.05, 4.69) is 0 Å². The summed E-state index contributed by atoms with van der Waals surface area (Å²) in [5.74, 6) is 0. The van der Waals surface area contributed by atoms with E-state index in [1.165, 1.54) is 13.8 Å². The van der Waals surface area contributed by atoms with Crippen LogP contribution in [0.15, 0.2) is 0 Å². The van der Waals surface area contributed by atoms with E-state index in [0.717, 1.165) is 0 Å². The summed E-state index contributed by atoms with van der Waals surface area (Å²) in [4.78, 5) is 0. The van der Waals surface area contributed by atoms with Crippen LogP contribution in [0.4, 0.5) is 0 Å². The molecule has 8 heteroatoms. The summed E-state index contributed by atoms with van der Waals surface area (Å²) in [7, 11) is 0. The van der Waals surface area contributed by atoms with Crippen molar-refractivity contribution in [2.24, 2.45) is 0 Å². The maximum atomic E-state index is 8.26. The van der Waals surface area contributed by atoms with Crippen LogP contribution in [0.3, 0.4) is 0 Å². The quantitative estimate of drug-likeness (QED) is 0.262. The van der Waals surface area contributed by atoms with Crippen LogP contribution >= 0.6 is 0 Å². The van der Waals surface area contributed by atoms with Gasteiger partial charge in [0.05, 0.1) is 65.1 Å². The predicted octanol–water partition coefficient (Wildman–Crippen LogP) is -2.28. The van der Waals surface area contributed by atoms with E-state index in [4.69, 9.17) is 40.1 Å². The van der Waals surface area contributed by atoms with Gasteiger partial charge in [0.1, 0.15) is 0 Å². The lowest BCUT2D eigenvalue weighted by molar-refractivity contribution is 0.0222. The number of aliphatic hydroxyl groups excluding tert-OH is 6. The zero-order chi connectivity index (χ0) is 16.2. The van der Waals surface area contributed by atoms with Crippen molar-refractivity contribution in [2.45, 2.75) is 26.1 Å². The molecule has 2 unspecified atom stereocenters. The largest absolute Gasteiger partial charge is 0.394 e. The molecule has 0 aliphatic rings. The standard InChI is InChI=1S/C6H14O4.2C3H8O2/c7-1-3-9-5-6-10-4-2-8;2*1-3(5)2-4/h7-8H,1-6H2;2*3-5H,2H2,1H3. The molecule has 6 N–H and O–H groups in total. The Morgan fingerprint density at radius 2 is 0.900 bits per heavy atom. The van der Waals surface area contributed by atoms with Crippen LogP contribution in [0, 0.1) is 0 Å². The Kier molecular flexibility index (Phi) is 29.3. The van der Waals surface area contributed by atoms with Gasteiger partial charge in [-0.25, -0.2) is 0 Å². The van der Waals surface area contributed by atoms with E-state index in [0.29, 0.717) is 26.4 Å². The van der Waals surface area contributed by atoms with Gasteiger partial charge in [0.2, 0.25) is 0 Å². The van der Waals surface area contributed by atoms with Crippen molar-refractivity contribution in [3.8, 4) is 0 Å². The predicted molar refractivity (Wildman–Crippen MR) is 73.3 cm³/mol. The monoisotopic (exact) mass is 302 g/mol. The van der Waals surface area contributed by atoms with Gasteiger partial charge in [-0.1, -0.05) is 0 Å².